The molecule has 12 aliphatic rings. The highest BCUT2D eigenvalue weighted by Gasteiger charge is 2.72. The number of hydrogen-bond donors (Lipinski definition) is 7. The Kier molecular flexibility index (Phi) is 27.0. The van der Waals surface area contributed by atoms with Crippen molar-refractivity contribution in [3.8, 4) is 57.7 Å². The number of carbonyl (C=O) groups excluding carboxylic acids is 8. The maximum atomic E-state index is 14.9. The predicted octanol–water partition coefficient (Wildman–Crippen LogP) is 15.4. The van der Waals surface area contributed by atoms with Crippen molar-refractivity contribution in [3.05, 3.63) is 216 Å². The number of nitriles is 2. The average Bonchev–Trinajstić information content (AvgIpc) is 0.767. The molecule has 0 aliphatic heterocycles. The van der Waals surface area contributed by atoms with Crippen molar-refractivity contribution in [2.75, 3.05) is 16.0 Å². The van der Waals surface area contributed by atoms with Crippen LogP contribution in [0.1, 0.15) is 204 Å². The Hall–Kier alpha value is -15.1. The van der Waals surface area contributed by atoms with Gasteiger partial charge in [-0.2, -0.15) is 23.7 Å². The second-order valence-corrected chi connectivity index (χ2v) is 38.6. The lowest BCUT2D eigenvalue weighted by molar-refractivity contribution is -0.163. The summed E-state index contributed by atoms with van der Waals surface area (Å²) in [6.07, 6.45) is 3.35. The van der Waals surface area contributed by atoms with Crippen molar-refractivity contribution in [2.45, 2.75) is 175 Å². The Labute approximate surface area is 837 Å². The van der Waals surface area contributed by atoms with Crippen LogP contribution in [0.15, 0.2) is 128 Å². The third kappa shape index (κ3) is 20.4. The Morgan fingerprint density at radius 1 is 0.417 bits per heavy atom. The molecule has 41 nitrogen and oxygen atoms in total. The molecule has 12 heterocycles. The van der Waals surface area contributed by atoms with E-state index in [9.17, 15) is 64.7 Å². The number of nitrogens with one attached hydrogen (secondary N) is 7. The van der Waals surface area contributed by atoms with Gasteiger partial charge in [0.2, 0.25) is 0 Å². The summed E-state index contributed by atoms with van der Waals surface area (Å²) in [5.41, 5.74) is -3.06. The number of anilines is 3. The van der Waals surface area contributed by atoms with Crippen molar-refractivity contribution < 1.29 is 83.6 Å². The SMILES string of the molecule is C[C@@H](OC(=O)Cc1c(-c2ccc(C(=O)NC34CC(F)(C3)C4)cn2)nnn1C)c1cccnc1Cl.C[C@@H](OC(=O)Nc1c(-c2cc(F)c(C(=O)NC34CC(C#N)(C3)C4)cn2)nnn1C)c1cccnc1Cl.C[C@@H](OC(=O)Nc1c(-c2ccc(C(=O)NC34CC(C#N)(C3)C4)c(C(F)(F)F)n2)nnn1C)c1cccnc1Cl.C[C@@H](OC(=O)Nc1c(-c2ccc(C(=O)NC34CC(F)(C3)C4)c(Cl)n2)nnn1C)c1cccnc1Cl. The van der Waals surface area contributed by atoms with Crippen LogP contribution >= 0.6 is 58.0 Å². The summed E-state index contributed by atoms with van der Waals surface area (Å²) < 4.78 is 111. The number of hydrogen-bond acceptors (Lipinski definition) is 30. The Bertz CT molecular complexity index is 7200. The van der Waals surface area contributed by atoms with E-state index in [0.29, 0.717) is 122 Å². The first-order chi connectivity index (χ1) is 68.2. The van der Waals surface area contributed by atoms with Gasteiger partial charge in [-0.05, 0) is 127 Å². The predicted molar refractivity (Wildman–Crippen MR) is 498 cm³/mol. The van der Waals surface area contributed by atoms with E-state index < -0.39 is 129 Å². The molecular formula is C92H82Cl5F6N29O12. The average molecular weight is 2080 g/mol. The smallest absolute Gasteiger partial charge is 0.434 e. The molecule has 12 aliphatic carbocycles. The first kappa shape index (κ1) is 100. The summed E-state index contributed by atoms with van der Waals surface area (Å²) in [7, 11) is 6.20. The fourth-order valence-electron chi connectivity index (χ4n) is 19.1. The third-order valence-electron chi connectivity index (χ3n) is 26.0. The zero-order chi connectivity index (χ0) is 103. The molecule has 744 valence electrons. The van der Waals surface area contributed by atoms with Gasteiger partial charge in [0.1, 0.15) is 73.0 Å². The van der Waals surface area contributed by atoms with Crippen molar-refractivity contribution >= 4 is 123 Å². The topological polar surface area (TPSA) is 531 Å². The van der Waals surface area contributed by atoms with Gasteiger partial charge in [0.25, 0.3) is 23.6 Å². The lowest BCUT2D eigenvalue weighted by atomic mass is 9.40. The van der Waals surface area contributed by atoms with Crippen LogP contribution in [0, 0.1) is 39.3 Å². The van der Waals surface area contributed by atoms with Gasteiger partial charge in [-0.3, -0.25) is 54.6 Å². The summed E-state index contributed by atoms with van der Waals surface area (Å²) in [6.45, 7) is 6.59. The number of carbonyl (C=O) groups is 8. The maximum absolute atomic E-state index is 14.9. The van der Waals surface area contributed by atoms with Gasteiger partial charge >= 0.3 is 30.4 Å². The zero-order valence-electron chi connectivity index (χ0n) is 77.0. The highest BCUT2D eigenvalue weighted by atomic mass is 35.5. The van der Waals surface area contributed by atoms with E-state index in [2.05, 4.69) is 130 Å². The molecule has 0 radical (unpaired) electrons. The fraction of sp³-hybridized carbons (Fsp3) is 0.370. The van der Waals surface area contributed by atoms with Gasteiger partial charge in [0.05, 0.1) is 80.1 Å². The highest BCUT2D eigenvalue weighted by Crippen LogP contribution is 2.68. The summed E-state index contributed by atoms with van der Waals surface area (Å²) >= 11 is 30.5. The van der Waals surface area contributed by atoms with Crippen LogP contribution in [0.3, 0.4) is 0 Å². The Morgan fingerprint density at radius 2 is 0.764 bits per heavy atom. The molecule has 7 amide bonds. The minimum absolute atomic E-state index is 0.0550. The molecule has 7 N–H and O–H groups in total. The number of amides is 7. The molecule has 0 saturated heterocycles. The molecule has 24 rings (SSSR count). The van der Waals surface area contributed by atoms with E-state index in [1.165, 1.54) is 71.1 Å². The number of halogens is 11. The van der Waals surface area contributed by atoms with Crippen molar-refractivity contribution in [1.29, 1.82) is 10.5 Å². The zero-order valence-corrected chi connectivity index (χ0v) is 80.8. The van der Waals surface area contributed by atoms with Gasteiger partial charge in [0.15, 0.2) is 40.2 Å². The minimum atomic E-state index is -4.97. The second kappa shape index (κ2) is 38.6. The second-order valence-electron chi connectivity index (χ2n) is 36.9. The lowest BCUT2D eigenvalue weighted by Crippen LogP contribution is -2.76. The van der Waals surface area contributed by atoms with Crippen molar-refractivity contribution in [1.82, 2.24) is 121 Å². The maximum Gasteiger partial charge on any atom is 0.434 e. The Morgan fingerprint density at radius 3 is 1.14 bits per heavy atom. The monoisotopic (exact) mass is 2070 g/mol. The number of rotatable bonds is 25. The van der Waals surface area contributed by atoms with Gasteiger partial charge in [0, 0.05) is 154 Å². The van der Waals surface area contributed by atoms with Crippen LogP contribution in [0.2, 0.25) is 25.8 Å². The van der Waals surface area contributed by atoms with E-state index >= 15 is 0 Å². The first-order valence-electron chi connectivity index (χ1n) is 44.2. The van der Waals surface area contributed by atoms with Crippen LogP contribution in [0.4, 0.5) is 58.2 Å². The van der Waals surface area contributed by atoms with E-state index in [0.717, 1.165) is 23.0 Å². The molecule has 0 unspecified atom stereocenters. The Balaban J connectivity index is 0.000000132. The summed E-state index contributed by atoms with van der Waals surface area (Å²) in [5.74, 6) is -3.28. The van der Waals surface area contributed by atoms with E-state index in [4.69, 9.17) is 87.5 Å². The number of nitrogens with zero attached hydrogens (tertiary/aromatic N) is 22. The largest absolute Gasteiger partial charge is 0.457 e. The van der Waals surface area contributed by atoms with Crippen molar-refractivity contribution in [3.63, 3.8) is 0 Å². The molecule has 12 aromatic heterocycles. The van der Waals surface area contributed by atoms with E-state index in [1.54, 1.807) is 109 Å². The number of alkyl halides is 5. The van der Waals surface area contributed by atoms with Crippen LogP contribution in [0.25, 0.3) is 45.6 Å². The molecule has 52 heteroatoms. The number of aryl methyl sites for hydroxylation is 4. The van der Waals surface area contributed by atoms with Crippen LogP contribution < -0.4 is 37.2 Å². The van der Waals surface area contributed by atoms with Gasteiger partial charge in [-0.1, -0.05) is 103 Å². The fourth-order valence-corrected chi connectivity index (χ4v) is 20.4. The molecule has 12 aromatic rings. The van der Waals surface area contributed by atoms with Crippen LogP contribution in [-0.4, -0.2) is 181 Å². The number of aromatic nitrogens is 20. The van der Waals surface area contributed by atoms with Crippen LogP contribution in [0.5, 0.6) is 0 Å². The highest BCUT2D eigenvalue weighted by molar-refractivity contribution is 6.33. The van der Waals surface area contributed by atoms with E-state index in [-0.39, 0.29) is 106 Å². The van der Waals surface area contributed by atoms with Crippen molar-refractivity contribution in [2.24, 2.45) is 39.0 Å². The minimum Gasteiger partial charge on any atom is -0.457 e. The summed E-state index contributed by atoms with van der Waals surface area (Å²) in [5, 5.41) is 69.4. The standard InChI is InChI=1S/C24H20ClF3N8O3.C23H20ClFN8O3.C23H22ClFN6O3.C22H20Cl2FN7O3/c1-12(13-4-3-7-30-18(13)25)39-21(38)32-19-16(34-35-36(19)2)15-6-5-14(17(31-15)24(26,27)28)20(37)33-23-8-22(9-23,10-23)11-29;1-12(13-4-3-5-27-18(13)24)36-21(35)29-19-17(31-32-33(19)2)16-6-15(25)14(7-28-16)20(34)30-23-8-22(9-23,10-23)11-26;1-13(15-4-3-7-26-20(15)24)34-18(32)8-17-19(29-30-31(17)2)16-6-5-14(9-27-16)21(33)28-23-10-22(25,11-23)12-23;1-11(12-4-3-7-26-16(12)23)35-20(34)28-18-15(30-31-32(18)2)14-6-5-13(17(24)27-14)19(33)29-22-8-21(25,9-22)10-22/h3-7,12H,8-10H2,1-2H3,(H,32,38)(H,33,37);3-7,12H,8-10H2,1-2H3,(H,29,35)(H,30,34);3-7,9,13H,8,10-12H2,1-2H3,(H,28,33);3-7,11H,8-10H2,1-2H3,(H,28,34)(H,29,33)/t2*12-,22?,23?;13-,22?,23?;11-,21?,22?/m1111/s1. The lowest BCUT2D eigenvalue weighted by Gasteiger charge is -2.67. The third-order valence-corrected chi connectivity index (χ3v) is 27.6. The summed E-state index contributed by atoms with van der Waals surface area (Å²) in [6, 6.07) is 27.4. The molecule has 8 bridgehead atoms. The number of ether oxygens (including phenoxy) is 4. The molecule has 4 atom stereocenters. The van der Waals surface area contributed by atoms with Gasteiger partial charge in [-0.25, -0.2) is 71.5 Å². The number of esters is 1. The molecule has 0 aromatic carbocycles. The number of pyridine rings is 8. The first-order valence-corrected chi connectivity index (χ1v) is 46.1. The molecular weight excluding hydrogens is 1990 g/mol. The molecule has 144 heavy (non-hydrogen) atoms. The summed E-state index contributed by atoms with van der Waals surface area (Å²) in [4.78, 5) is 133. The molecule has 0 spiro atoms. The quantitative estimate of drug-likeness (QED) is 0.0121. The van der Waals surface area contributed by atoms with Gasteiger partial charge < -0.3 is 40.2 Å². The molecule has 12 fully saturated rings. The van der Waals surface area contributed by atoms with Gasteiger partial charge in [-0.15, -0.1) is 20.4 Å². The van der Waals surface area contributed by atoms with Crippen LogP contribution in [-0.2, 0) is 64.5 Å². The molecule has 12 saturated carbocycles. The van der Waals surface area contributed by atoms with E-state index in [1.807, 2.05) is 0 Å². The normalized spacial score (nSPS) is 22.7.